The molecule has 15 nitrogen and oxygen atoms in total. The molecule has 3 rings (SSSR count). The molecule has 0 spiro atoms. The zero-order chi connectivity index (χ0) is 26.9. The van der Waals surface area contributed by atoms with Gasteiger partial charge in [-0.05, 0) is 17.7 Å². The number of carbonyl (C=O) groups excluding carboxylic acids is 4. The van der Waals surface area contributed by atoms with E-state index in [-0.39, 0.29) is 41.3 Å². The highest BCUT2D eigenvalue weighted by atomic mass is 35.5. The van der Waals surface area contributed by atoms with Gasteiger partial charge in [0.2, 0.25) is 11.8 Å². The molecule has 2 heterocycles. The molecule has 0 bridgehead atoms. The number of anilines is 1. The van der Waals surface area contributed by atoms with Crippen molar-refractivity contribution in [3.63, 3.8) is 0 Å². The lowest BCUT2D eigenvalue weighted by atomic mass is 9.98. The third kappa shape index (κ3) is 7.34. The highest BCUT2D eigenvalue weighted by molar-refractivity contribution is 7.14. The van der Waals surface area contributed by atoms with E-state index in [4.69, 9.17) is 21.2 Å². The van der Waals surface area contributed by atoms with E-state index < -0.39 is 40.8 Å². The van der Waals surface area contributed by atoms with E-state index in [2.05, 4.69) is 31.4 Å². The van der Waals surface area contributed by atoms with Gasteiger partial charge in [0.15, 0.2) is 10.8 Å². The van der Waals surface area contributed by atoms with Crippen LogP contribution < -0.4 is 21.3 Å². The van der Waals surface area contributed by atoms with Crippen LogP contribution in [0.3, 0.4) is 0 Å². The molecule has 1 aliphatic rings. The van der Waals surface area contributed by atoms with Gasteiger partial charge in [0, 0.05) is 24.1 Å². The second-order valence-electron chi connectivity index (χ2n) is 7.29. The number of aromatic nitrogens is 1. The normalized spacial score (nSPS) is 16.6. The first kappa shape index (κ1) is 27.3. The van der Waals surface area contributed by atoms with Gasteiger partial charge >= 0.3 is 6.09 Å². The van der Waals surface area contributed by atoms with Gasteiger partial charge in [-0.15, -0.1) is 22.9 Å². The summed E-state index contributed by atoms with van der Waals surface area (Å²) in [4.78, 5) is 67.2. The minimum atomic E-state index is -0.987. The molecule has 0 unspecified atom stereocenters. The lowest BCUT2D eigenvalue weighted by Crippen LogP contribution is -2.72. The van der Waals surface area contributed by atoms with Crippen LogP contribution in [-0.2, 0) is 30.6 Å². The van der Waals surface area contributed by atoms with Crippen LogP contribution in [0.25, 0.3) is 0 Å². The number of thiazole rings is 1. The Balaban J connectivity index is 1.51. The van der Waals surface area contributed by atoms with Crippen molar-refractivity contribution in [3.05, 3.63) is 51.0 Å². The maximum Gasteiger partial charge on any atom is 0.407 e. The Labute approximate surface area is 217 Å². The highest BCUT2D eigenvalue weighted by Crippen LogP contribution is 2.17. The van der Waals surface area contributed by atoms with Gasteiger partial charge < -0.3 is 30.8 Å². The van der Waals surface area contributed by atoms with Crippen LogP contribution in [-0.4, -0.2) is 71.1 Å². The molecule has 1 aromatic carbocycles. The molecule has 4 N–H and O–H groups in total. The molecule has 37 heavy (non-hydrogen) atoms. The number of β-lactam (4-membered cyclic amide) rings is 1. The number of nitro benzene ring substituents is 1. The van der Waals surface area contributed by atoms with Crippen LogP contribution in [0.2, 0.25) is 0 Å². The molecule has 1 aliphatic heterocycles. The van der Waals surface area contributed by atoms with Crippen LogP contribution in [0.15, 0.2) is 34.8 Å². The van der Waals surface area contributed by atoms with Crippen LogP contribution >= 0.6 is 22.9 Å². The molecular formula is C20H20ClN7O8S. The van der Waals surface area contributed by atoms with E-state index >= 15 is 0 Å². The predicted octanol–water partition coefficient (Wildman–Crippen LogP) is 0.489. The van der Waals surface area contributed by atoms with E-state index in [1.165, 1.54) is 36.8 Å². The van der Waals surface area contributed by atoms with Crippen LogP contribution in [0.5, 0.6) is 0 Å². The summed E-state index contributed by atoms with van der Waals surface area (Å²) >= 11 is 6.48. The smallest absolute Gasteiger partial charge is 0.407 e. The van der Waals surface area contributed by atoms with Crippen molar-refractivity contribution in [2.24, 2.45) is 5.16 Å². The topological polar surface area (TPSA) is 203 Å². The molecule has 1 saturated heterocycles. The first-order valence-corrected chi connectivity index (χ1v) is 11.8. The van der Waals surface area contributed by atoms with E-state index in [9.17, 15) is 29.3 Å². The Morgan fingerprint density at radius 3 is 2.65 bits per heavy atom. The number of alkyl halides is 1. The number of rotatable bonds is 11. The SMILES string of the molecule is CON=C(C(=O)N[C@H]1C(=O)N[C@H]1CNC(=O)OCc1ccc([N+](=O)[O-])cc1)c1csc(NC(=O)CCl)n1. The number of non-ortho nitro benzene ring substituents is 1. The molecule has 1 fully saturated rings. The summed E-state index contributed by atoms with van der Waals surface area (Å²) < 4.78 is 5.06. The number of benzene rings is 1. The van der Waals surface area contributed by atoms with Gasteiger partial charge in [-0.25, -0.2) is 9.78 Å². The van der Waals surface area contributed by atoms with Gasteiger partial charge in [-0.2, -0.15) is 0 Å². The van der Waals surface area contributed by atoms with E-state index in [0.717, 1.165) is 11.3 Å². The number of ether oxygens (including phenoxy) is 1. The lowest BCUT2D eigenvalue weighted by molar-refractivity contribution is -0.384. The number of carbonyl (C=O) groups is 4. The fourth-order valence-electron chi connectivity index (χ4n) is 2.98. The first-order valence-electron chi connectivity index (χ1n) is 10.4. The maximum atomic E-state index is 12.8. The van der Waals surface area contributed by atoms with Crippen molar-refractivity contribution >= 4 is 63.3 Å². The minimum absolute atomic E-state index is 0.0577. The number of nitrogens with one attached hydrogen (secondary N) is 4. The number of hydrogen-bond acceptors (Lipinski definition) is 11. The van der Waals surface area contributed by atoms with Crippen molar-refractivity contribution < 1.29 is 33.7 Å². The van der Waals surface area contributed by atoms with Gasteiger partial charge in [0.1, 0.15) is 31.3 Å². The van der Waals surface area contributed by atoms with E-state index in [1.807, 2.05) is 0 Å². The maximum absolute atomic E-state index is 12.8. The zero-order valence-corrected chi connectivity index (χ0v) is 20.6. The van der Waals surface area contributed by atoms with Crippen molar-refractivity contribution in [2.75, 3.05) is 24.9 Å². The third-order valence-corrected chi connectivity index (χ3v) is 5.80. The number of hydrogen-bond donors (Lipinski definition) is 4. The summed E-state index contributed by atoms with van der Waals surface area (Å²) in [5.41, 5.74) is 0.312. The lowest BCUT2D eigenvalue weighted by Gasteiger charge is -2.36. The largest absolute Gasteiger partial charge is 0.445 e. The fourth-order valence-corrected chi connectivity index (χ4v) is 3.76. The molecule has 17 heteroatoms. The van der Waals surface area contributed by atoms with Crippen molar-refractivity contribution in [1.29, 1.82) is 0 Å². The highest BCUT2D eigenvalue weighted by Gasteiger charge is 2.41. The number of oxime groups is 1. The second-order valence-corrected chi connectivity index (χ2v) is 8.41. The summed E-state index contributed by atoms with van der Waals surface area (Å²) in [6, 6.07) is 3.87. The Kier molecular flexibility index (Phi) is 9.28. The number of nitrogens with zero attached hydrogens (tertiary/aromatic N) is 3. The summed E-state index contributed by atoms with van der Waals surface area (Å²) in [6.07, 6.45) is -0.791. The molecule has 0 aliphatic carbocycles. The second kappa shape index (κ2) is 12.6. The van der Waals surface area contributed by atoms with Gasteiger partial charge in [-0.3, -0.25) is 24.5 Å². The Hall–Kier alpha value is -4.31. The molecule has 196 valence electrons. The summed E-state index contributed by atoms with van der Waals surface area (Å²) in [6.45, 7) is -0.184. The monoisotopic (exact) mass is 553 g/mol. The molecule has 2 aromatic rings. The van der Waals surface area contributed by atoms with E-state index in [0.29, 0.717) is 5.56 Å². The van der Waals surface area contributed by atoms with Crippen LogP contribution in [0.4, 0.5) is 15.6 Å². The molecule has 2 atom stereocenters. The summed E-state index contributed by atoms with van der Waals surface area (Å²) in [5.74, 6) is -2.01. The Morgan fingerprint density at radius 1 is 1.30 bits per heavy atom. The van der Waals surface area contributed by atoms with Crippen LogP contribution in [0.1, 0.15) is 11.3 Å². The number of alkyl carbamates (subject to hydrolysis) is 1. The molecular weight excluding hydrogens is 534 g/mol. The predicted molar refractivity (Wildman–Crippen MR) is 130 cm³/mol. The average molecular weight is 554 g/mol. The quantitative estimate of drug-likeness (QED) is 0.100. The number of nitro groups is 1. The average Bonchev–Trinajstić information content (AvgIpc) is 3.34. The van der Waals surface area contributed by atoms with Crippen molar-refractivity contribution in [3.8, 4) is 0 Å². The summed E-state index contributed by atoms with van der Waals surface area (Å²) in [7, 11) is 1.22. The molecule has 1 aromatic heterocycles. The molecule has 0 radical (unpaired) electrons. The van der Waals surface area contributed by atoms with Crippen molar-refractivity contribution in [2.45, 2.75) is 18.7 Å². The summed E-state index contributed by atoms with van der Waals surface area (Å²) in [5, 5.41) is 26.0. The zero-order valence-electron chi connectivity index (χ0n) is 19.1. The molecule has 0 saturated carbocycles. The third-order valence-electron chi connectivity index (χ3n) is 4.79. The Morgan fingerprint density at radius 2 is 2.03 bits per heavy atom. The van der Waals surface area contributed by atoms with Crippen LogP contribution in [0, 0.1) is 10.1 Å². The van der Waals surface area contributed by atoms with Gasteiger partial charge in [-0.1, -0.05) is 5.16 Å². The number of halogens is 1. The minimum Gasteiger partial charge on any atom is -0.445 e. The first-order chi connectivity index (χ1) is 17.7. The standard InChI is InChI=1S/C20H20ClN7O8S/c1-35-27-16(13-9-37-19(24-13)25-14(29)6-21)18(31)26-15-12(23-17(15)30)7-22-20(32)36-8-10-2-4-11(5-3-10)28(33)34/h2-5,9,12,15H,6-8H2,1H3,(H,22,32)(H,23,30)(H,26,31)(H,24,25,29)/t12-,15+/m0/s1. The fraction of sp³-hybridized carbons (Fsp3) is 0.300. The van der Waals surface area contributed by atoms with Gasteiger partial charge in [0.25, 0.3) is 11.6 Å². The Bertz CT molecular complexity index is 1220. The number of amides is 4. The molecule has 4 amide bonds. The van der Waals surface area contributed by atoms with E-state index in [1.54, 1.807) is 0 Å². The van der Waals surface area contributed by atoms with Gasteiger partial charge in [0.05, 0.1) is 11.0 Å². The van der Waals surface area contributed by atoms with Crippen molar-refractivity contribution in [1.82, 2.24) is 20.9 Å².